The molecule has 7 heteroatoms. The highest BCUT2D eigenvalue weighted by molar-refractivity contribution is 5.94. The van der Waals surface area contributed by atoms with E-state index in [9.17, 15) is 14.4 Å². The summed E-state index contributed by atoms with van der Waals surface area (Å²) in [6.45, 7) is 4.35. The molecule has 0 saturated carbocycles. The van der Waals surface area contributed by atoms with Crippen molar-refractivity contribution in [2.75, 3.05) is 33.3 Å². The Hall–Kier alpha value is -1.63. The minimum Gasteiger partial charge on any atom is -0.469 e. The van der Waals surface area contributed by atoms with E-state index in [0.717, 1.165) is 43.7 Å². The second-order valence-electron chi connectivity index (χ2n) is 5.38. The SMILES string of the molecule is CCCCNC(=O)NC(=O)C[NH+]1CCC(C(=O)OC)CC1. The fourth-order valence-corrected chi connectivity index (χ4v) is 2.43. The largest absolute Gasteiger partial charge is 0.469 e. The van der Waals surface area contributed by atoms with Gasteiger partial charge in [-0.05, 0) is 6.42 Å². The summed E-state index contributed by atoms with van der Waals surface area (Å²) >= 11 is 0. The number of hydrogen-bond donors (Lipinski definition) is 3. The summed E-state index contributed by atoms with van der Waals surface area (Å²) in [7, 11) is 1.40. The molecule has 0 radical (unpaired) electrons. The number of ether oxygens (including phenoxy) is 1. The smallest absolute Gasteiger partial charge is 0.321 e. The monoisotopic (exact) mass is 300 g/mol. The van der Waals surface area contributed by atoms with Crippen molar-refractivity contribution in [2.45, 2.75) is 32.6 Å². The summed E-state index contributed by atoms with van der Waals surface area (Å²) in [4.78, 5) is 35.7. The summed E-state index contributed by atoms with van der Waals surface area (Å²) in [5.74, 6) is -0.511. The first-order chi connectivity index (χ1) is 10.1. The minimum absolute atomic E-state index is 0.0563. The third-order valence-corrected chi connectivity index (χ3v) is 3.71. The Morgan fingerprint density at radius 3 is 2.48 bits per heavy atom. The van der Waals surface area contributed by atoms with Crippen LogP contribution in [0.2, 0.25) is 0 Å². The molecule has 1 rings (SSSR count). The van der Waals surface area contributed by atoms with Gasteiger partial charge in [0.15, 0.2) is 6.54 Å². The van der Waals surface area contributed by atoms with Gasteiger partial charge < -0.3 is 15.0 Å². The zero-order chi connectivity index (χ0) is 15.7. The minimum atomic E-state index is -0.433. The number of amides is 3. The summed E-state index contributed by atoms with van der Waals surface area (Å²) in [6, 6.07) is -0.433. The average molecular weight is 300 g/mol. The van der Waals surface area contributed by atoms with Gasteiger partial charge in [-0.25, -0.2) is 4.79 Å². The van der Waals surface area contributed by atoms with Crippen molar-refractivity contribution < 1.29 is 24.0 Å². The Balaban J connectivity index is 2.21. The van der Waals surface area contributed by atoms with Crippen molar-refractivity contribution >= 4 is 17.9 Å². The Kier molecular flexibility index (Phi) is 7.74. The number of nitrogens with one attached hydrogen (secondary N) is 3. The van der Waals surface area contributed by atoms with Crippen molar-refractivity contribution in [1.29, 1.82) is 0 Å². The lowest BCUT2D eigenvalue weighted by molar-refractivity contribution is -0.897. The van der Waals surface area contributed by atoms with Crippen LogP contribution in [-0.2, 0) is 14.3 Å². The normalized spacial score (nSPS) is 21.4. The highest BCUT2D eigenvalue weighted by Crippen LogP contribution is 2.10. The molecular formula is C14H26N3O4+. The van der Waals surface area contributed by atoms with Crippen LogP contribution in [0.4, 0.5) is 4.79 Å². The molecule has 0 atom stereocenters. The van der Waals surface area contributed by atoms with E-state index in [1.165, 1.54) is 7.11 Å². The molecule has 0 bridgehead atoms. The molecule has 0 aliphatic carbocycles. The van der Waals surface area contributed by atoms with Crippen LogP contribution >= 0.6 is 0 Å². The zero-order valence-electron chi connectivity index (χ0n) is 12.9. The molecule has 0 aromatic heterocycles. The van der Waals surface area contributed by atoms with E-state index in [0.29, 0.717) is 6.54 Å². The number of carbonyl (C=O) groups excluding carboxylic acids is 3. The maximum Gasteiger partial charge on any atom is 0.321 e. The van der Waals surface area contributed by atoms with Crippen LogP contribution in [0.1, 0.15) is 32.6 Å². The van der Waals surface area contributed by atoms with Crippen LogP contribution in [-0.4, -0.2) is 51.2 Å². The lowest BCUT2D eigenvalue weighted by atomic mass is 9.97. The predicted octanol–water partition coefficient (Wildman–Crippen LogP) is -0.920. The Bertz CT molecular complexity index is 365. The maximum absolute atomic E-state index is 11.7. The number of hydrogen-bond acceptors (Lipinski definition) is 4. The number of quaternary nitrogens is 1. The molecule has 1 aliphatic rings. The van der Waals surface area contributed by atoms with Gasteiger partial charge in [-0.3, -0.25) is 14.9 Å². The molecule has 7 nitrogen and oxygen atoms in total. The molecule has 0 spiro atoms. The number of esters is 1. The number of imide groups is 1. The van der Waals surface area contributed by atoms with Crippen molar-refractivity contribution in [3.8, 4) is 0 Å². The molecule has 1 saturated heterocycles. The Morgan fingerprint density at radius 1 is 1.24 bits per heavy atom. The number of carbonyl (C=O) groups is 3. The highest BCUT2D eigenvalue weighted by Gasteiger charge is 2.29. The van der Waals surface area contributed by atoms with E-state index < -0.39 is 6.03 Å². The summed E-state index contributed by atoms with van der Waals surface area (Å²) in [6.07, 6.45) is 3.33. The third-order valence-electron chi connectivity index (χ3n) is 3.71. The molecule has 3 N–H and O–H groups in total. The quantitative estimate of drug-likeness (QED) is 0.437. The van der Waals surface area contributed by atoms with Crippen molar-refractivity contribution in [1.82, 2.24) is 10.6 Å². The number of rotatable bonds is 6. The predicted molar refractivity (Wildman–Crippen MR) is 76.8 cm³/mol. The Morgan fingerprint density at radius 2 is 1.90 bits per heavy atom. The van der Waals surface area contributed by atoms with E-state index >= 15 is 0 Å². The lowest BCUT2D eigenvalue weighted by Crippen LogP contribution is -3.14. The van der Waals surface area contributed by atoms with Crippen LogP contribution in [0.15, 0.2) is 0 Å². The second-order valence-corrected chi connectivity index (χ2v) is 5.38. The van der Waals surface area contributed by atoms with Crippen LogP contribution in [0.5, 0.6) is 0 Å². The first-order valence-corrected chi connectivity index (χ1v) is 7.55. The molecule has 3 amide bonds. The van der Waals surface area contributed by atoms with Crippen LogP contribution in [0, 0.1) is 5.92 Å². The zero-order valence-corrected chi connectivity index (χ0v) is 12.9. The topological polar surface area (TPSA) is 88.9 Å². The lowest BCUT2D eigenvalue weighted by Gasteiger charge is -2.27. The van der Waals surface area contributed by atoms with E-state index in [4.69, 9.17) is 4.74 Å². The van der Waals surface area contributed by atoms with E-state index in [1.54, 1.807) is 0 Å². The first-order valence-electron chi connectivity index (χ1n) is 7.55. The molecule has 0 aromatic rings. The summed E-state index contributed by atoms with van der Waals surface area (Å²) in [5, 5.41) is 4.97. The summed E-state index contributed by atoms with van der Waals surface area (Å²) in [5.41, 5.74) is 0. The second kappa shape index (κ2) is 9.33. The van der Waals surface area contributed by atoms with Gasteiger partial charge in [0.1, 0.15) is 0 Å². The maximum atomic E-state index is 11.7. The van der Waals surface area contributed by atoms with E-state index in [-0.39, 0.29) is 24.3 Å². The van der Waals surface area contributed by atoms with Crippen molar-refractivity contribution in [2.24, 2.45) is 5.92 Å². The van der Waals surface area contributed by atoms with E-state index in [2.05, 4.69) is 10.6 Å². The number of unbranched alkanes of at least 4 members (excludes halogenated alkanes) is 1. The number of piperidine rings is 1. The van der Waals surface area contributed by atoms with Gasteiger partial charge in [-0.2, -0.15) is 0 Å². The average Bonchev–Trinajstić information content (AvgIpc) is 2.47. The van der Waals surface area contributed by atoms with Gasteiger partial charge in [-0.15, -0.1) is 0 Å². The van der Waals surface area contributed by atoms with Gasteiger partial charge >= 0.3 is 12.0 Å². The molecule has 120 valence electrons. The Labute approximate surface area is 125 Å². The molecule has 1 fully saturated rings. The van der Waals surface area contributed by atoms with Crippen LogP contribution in [0.25, 0.3) is 0 Å². The van der Waals surface area contributed by atoms with Gasteiger partial charge in [0, 0.05) is 19.4 Å². The van der Waals surface area contributed by atoms with Gasteiger partial charge in [0.05, 0.1) is 26.1 Å². The third kappa shape index (κ3) is 6.57. The van der Waals surface area contributed by atoms with Gasteiger partial charge in [0.2, 0.25) is 0 Å². The molecule has 1 heterocycles. The highest BCUT2D eigenvalue weighted by atomic mass is 16.5. The molecule has 0 unspecified atom stereocenters. The molecule has 21 heavy (non-hydrogen) atoms. The van der Waals surface area contributed by atoms with Crippen molar-refractivity contribution in [3.63, 3.8) is 0 Å². The fourth-order valence-electron chi connectivity index (χ4n) is 2.43. The number of methoxy groups -OCH3 is 1. The van der Waals surface area contributed by atoms with Crippen LogP contribution < -0.4 is 15.5 Å². The fraction of sp³-hybridized carbons (Fsp3) is 0.786. The summed E-state index contributed by atoms with van der Waals surface area (Å²) < 4.78 is 4.72. The standard InChI is InChI=1S/C14H25N3O4/c1-3-4-7-15-14(20)16-12(18)10-17-8-5-11(6-9-17)13(19)21-2/h11H,3-10H2,1-2H3,(H2,15,16,18,20)/p+1. The van der Waals surface area contributed by atoms with Crippen LogP contribution in [0.3, 0.4) is 0 Å². The molecular weight excluding hydrogens is 274 g/mol. The van der Waals surface area contributed by atoms with E-state index in [1.807, 2.05) is 6.92 Å². The van der Waals surface area contributed by atoms with Gasteiger partial charge in [0.25, 0.3) is 5.91 Å². The number of urea groups is 1. The molecule has 1 aliphatic heterocycles. The van der Waals surface area contributed by atoms with Crippen molar-refractivity contribution in [3.05, 3.63) is 0 Å². The first kappa shape index (κ1) is 17.4. The van der Waals surface area contributed by atoms with Gasteiger partial charge in [-0.1, -0.05) is 13.3 Å². The number of likely N-dealkylation sites (tertiary alicyclic amines) is 1. The molecule has 0 aromatic carbocycles.